The number of rotatable bonds is 5. The van der Waals surface area contributed by atoms with E-state index in [1.807, 2.05) is 6.20 Å². The van der Waals surface area contributed by atoms with Crippen LogP contribution in [0.1, 0.15) is 25.7 Å². The van der Waals surface area contributed by atoms with Gasteiger partial charge < -0.3 is 4.90 Å². The van der Waals surface area contributed by atoms with Crippen LogP contribution in [0, 0.1) is 0 Å². The van der Waals surface area contributed by atoms with Crippen molar-refractivity contribution in [1.29, 1.82) is 0 Å². The zero-order valence-electron chi connectivity index (χ0n) is 11.4. The summed E-state index contributed by atoms with van der Waals surface area (Å²) < 4.78 is 1.15. The Morgan fingerprint density at radius 2 is 2.05 bits per heavy atom. The highest BCUT2D eigenvalue weighted by Gasteiger charge is 2.26. The van der Waals surface area contributed by atoms with E-state index in [9.17, 15) is 0 Å². The Bertz CT molecular complexity index is 596. The Morgan fingerprint density at radius 1 is 1.20 bits per heavy atom. The van der Waals surface area contributed by atoms with Gasteiger partial charge >= 0.3 is 0 Å². The highest BCUT2D eigenvalue weighted by atomic mass is 79.9. The smallest absolute Gasteiger partial charge is 0.136 e. The van der Waals surface area contributed by atoms with Crippen molar-refractivity contribution >= 4 is 48.5 Å². The maximum absolute atomic E-state index is 4.69. The predicted octanol–water partition coefficient (Wildman–Crippen LogP) is 5.14. The fourth-order valence-electron chi connectivity index (χ4n) is 2.77. The van der Waals surface area contributed by atoms with E-state index in [-0.39, 0.29) is 0 Å². The van der Waals surface area contributed by atoms with E-state index in [1.54, 1.807) is 0 Å². The van der Waals surface area contributed by atoms with Gasteiger partial charge in [-0.3, -0.25) is 0 Å². The average Bonchev–Trinajstić information content (AvgIpc) is 2.41. The third-order valence-corrected chi connectivity index (χ3v) is 5.30. The van der Waals surface area contributed by atoms with Crippen LogP contribution in [0.2, 0.25) is 0 Å². The molecule has 0 amide bonds. The molecule has 1 fully saturated rings. The second-order valence-corrected chi connectivity index (χ2v) is 6.94. The molecule has 1 saturated carbocycles. The average molecular weight is 398 g/mol. The van der Waals surface area contributed by atoms with Gasteiger partial charge in [0.2, 0.25) is 0 Å². The van der Waals surface area contributed by atoms with Crippen molar-refractivity contribution in [2.75, 3.05) is 16.8 Å². The topological polar surface area (TPSA) is 16.1 Å². The molecule has 1 heterocycles. The molecule has 1 aromatic heterocycles. The van der Waals surface area contributed by atoms with Crippen LogP contribution >= 0.6 is 31.9 Å². The second-order valence-electron chi connectivity index (χ2n) is 5.29. The number of aromatic nitrogens is 1. The maximum atomic E-state index is 4.69. The van der Waals surface area contributed by atoms with Gasteiger partial charge in [0.05, 0.1) is 0 Å². The molecule has 0 unspecified atom stereocenters. The van der Waals surface area contributed by atoms with Gasteiger partial charge in [-0.15, -0.1) is 0 Å². The standard InChI is InChI=1S/C16H18Br2N2/c17-9-3-11-20(12-4-1-5-12)16-14-6-2-7-15(18)13(14)8-10-19-16/h2,6-8,10,12H,1,3-5,9,11H2. The lowest BCUT2D eigenvalue weighted by Gasteiger charge is -2.39. The van der Waals surface area contributed by atoms with E-state index in [2.05, 4.69) is 61.0 Å². The molecule has 0 spiro atoms. The van der Waals surface area contributed by atoms with Gasteiger partial charge in [0.25, 0.3) is 0 Å². The van der Waals surface area contributed by atoms with Crippen LogP contribution in [-0.4, -0.2) is 22.9 Å². The van der Waals surface area contributed by atoms with Crippen molar-refractivity contribution in [3.63, 3.8) is 0 Å². The van der Waals surface area contributed by atoms with Crippen LogP contribution in [0.4, 0.5) is 5.82 Å². The Kier molecular flexibility index (Phi) is 4.61. The number of halogens is 2. The molecule has 1 aromatic carbocycles. The molecular weight excluding hydrogens is 380 g/mol. The van der Waals surface area contributed by atoms with Crippen LogP contribution in [-0.2, 0) is 0 Å². The minimum absolute atomic E-state index is 0.672. The molecule has 0 bridgehead atoms. The van der Waals surface area contributed by atoms with Gasteiger partial charge in [0.15, 0.2) is 0 Å². The van der Waals surface area contributed by atoms with Crippen LogP contribution < -0.4 is 4.90 Å². The first-order chi connectivity index (χ1) is 9.81. The SMILES string of the molecule is BrCCCN(c1nccc2c(Br)cccc12)C1CCC1. The molecule has 106 valence electrons. The minimum Gasteiger partial charge on any atom is -0.353 e. The Morgan fingerprint density at radius 3 is 2.75 bits per heavy atom. The zero-order chi connectivity index (χ0) is 13.9. The van der Waals surface area contributed by atoms with Crippen molar-refractivity contribution in [2.24, 2.45) is 0 Å². The van der Waals surface area contributed by atoms with Crippen LogP contribution in [0.15, 0.2) is 34.9 Å². The summed E-state index contributed by atoms with van der Waals surface area (Å²) in [5, 5.41) is 3.55. The third-order valence-electron chi connectivity index (χ3n) is 4.05. The fourth-order valence-corrected chi connectivity index (χ4v) is 3.52. The Labute approximate surface area is 136 Å². The van der Waals surface area contributed by atoms with E-state index in [0.29, 0.717) is 6.04 Å². The van der Waals surface area contributed by atoms with Crippen LogP contribution in [0.3, 0.4) is 0 Å². The first-order valence-electron chi connectivity index (χ1n) is 7.17. The van der Waals surface area contributed by atoms with Crippen LogP contribution in [0.25, 0.3) is 10.8 Å². The van der Waals surface area contributed by atoms with Crippen molar-refractivity contribution in [3.8, 4) is 0 Å². The normalized spacial score (nSPS) is 15.3. The summed E-state index contributed by atoms with van der Waals surface area (Å²) in [6.07, 6.45) is 7.04. The molecule has 0 aliphatic heterocycles. The fraction of sp³-hybridized carbons (Fsp3) is 0.438. The van der Waals surface area contributed by atoms with Crippen LogP contribution in [0.5, 0.6) is 0 Å². The molecule has 20 heavy (non-hydrogen) atoms. The largest absolute Gasteiger partial charge is 0.353 e. The lowest BCUT2D eigenvalue weighted by atomic mass is 9.91. The highest BCUT2D eigenvalue weighted by Crippen LogP contribution is 2.34. The highest BCUT2D eigenvalue weighted by molar-refractivity contribution is 9.10. The summed E-state index contributed by atoms with van der Waals surface area (Å²) >= 11 is 7.19. The molecule has 2 nitrogen and oxygen atoms in total. The van der Waals surface area contributed by atoms with E-state index in [1.165, 1.54) is 30.0 Å². The number of benzene rings is 1. The van der Waals surface area contributed by atoms with E-state index in [0.717, 1.165) is 28.6 Å². The lowest BCUT2D eigenvalue weighted by molar-refractivity contribution is 0.385. The molecule has 0 radical (unpaired) electrons. The zero-order valence-corrected chi connectivity index (χ0v) is 14.5. The molecule has 3 rings (SSSR count). The number of fused-ring (bicyclic) bond motifs is 1. The number of nitrogens with zero attached hydrogens (tertiary/aromatic N) is 2. The number of pyridine rings is 1. The summed E-state index contributed by atoms with van der Waals surface area (Å²) in [5.74, 6) is 1.15. The maximum Gasteiger partial charge on any atom is 0.136 e. The summed E-state index contributed by atoms with van der Waals surface area (Å²) in [6, 6.07) is 9.14. The molecular formula is C16H18Br2N2. The van der Waals surface area contributed by atoms with Gasteiger partial charge in [0.1, 0.15) is 5.82 Å². The Hall–Kier alpha value is -0.610. The van der Waals surface area contributed by atoms with E-state index < -0.39 is 0 Å². The van der Waals surface area contributed by atoms with Crippen molar-refractivity contribution in [1.82, 2.24) is 4.98 Å². The summed E-state index contributed by atoms with van der Waals surface area (Å²) in [5.41, 5.74) is 0. The number of anilines is 1. The molecule has 0 atom stereocenters. The molecule has 0 N–H and O–H groups in total. The molecule has 1 aliphatic carbocycles. The van der Waals surface area contributed by atoms with Crippen molar-refractivity contribution in [2.45, 2.75) is 31.7 Å². The first-order valence-corrected chi connectivity index (χ1v) is 9.08. The minimum atomic E-state index is 0.672. The predicted molar refractivity (Wildman–Crippen MR) is 92.8 cm³/mol. The van der Waals surface area contributed by atoms with Gasteiger partial charge in [0, 0.05) is 39.4 Å². The number of alkyl halides is 1. The molecule has 2 aromatic rings. The summed E-state index contributed by atoms with van der Waals surface area (Å²) in [7, 11) is 0. The van der Waals surface area contributed by atoms with E-state index in [4.69, 9.17) is 4.98 Å². The lowest BCUT2D eigenvalue weighted by Crippen LogP contribution is -2.41. The van der Waals surface area contributed by atoms with Gasteiger partial charge in [-0.25, -0.2) is 4.98 Å². The van der Waals surface area contributed by atoms with Gasteiger partial charge in [-0.2, -0.15) is 0 Å². The molecule has 1 aliphatic rings. The second kappa shape index (κ2) is 6.44. The van der Waals surface area contributed by atoms with Crippen molar-refractivity contribution in [3.05, 3.63) is 34.9 Å². The summed E-state index contributed by atoms with van der Waals surface area (Å²) in [6.45, 7) is 1.08. The van der Waals surface area contributed by atoms with E-state index >= 15 is 0 Å². The summed E-state index contributed by atoms with van der Waals surface area (Å²) in [4.78, 5) is 7.21. The first kappa shape index (κ1) is 14.3. The van der Waals surface area contributed by atoms with Gasteiger partial charge in [-0.05, 0) is 37.8 Å². The monoisotopic (exact) mass is 396 g/mol. The third kappa shape index (κ3) is 2.73. The quantitative estimate of drug-likeness (QED) is 0.649. The van der Waals surface area contributed by atoms with Gasteiger partial charge in [-0.1, -0.05) is 44.0 Å². The molecule has 4 heteroatoms. The number of hydrogen-bond acceptors (Lipinski definition) is 2. The molecule has 0 saturated heterocycles. The Balaban J connectivity index is 2.03. The van der Waals surface area contributed by atoms with Crippen molar-refractivity contribution < 1.29 is 0 Å². The number of hydrogen-bond donors (Lipinski definition) is 0.